The van der Waals surface area contributed by atoms with Crippen LogP contribution in [0, 0.1) is 50.2 Å². The Balaban J connectivity index is 0.812. The van der Waals surface area contributed by atoms with Crippen molar-refractivity contribution < 1.29 is 208 Å². The molecule has 0 spiro atoms. The Morgan fingerprint density at radius 3 is 1.39 bits per heavy atom. The van der Waals surface area contributed by atoms with Crippen LogP contribution in [0.4, 0.5) is 0 Å². The number of hydrogen-bond acceptors (Lipinski definition) is 41. The molecule has 8 heterocycles. The number of carboxylic acid groups (broad SMARTS) is 1. The first kappa shape index (κ1) is 92.5. The maximum Gasteiger partial charge on any atom is 0.335 e. The SMILES string of the molecule is C[C@@H]1O[C@@H](O[C@H]2[C@H](OC(=O)[C@]34CCC(C)(C)C[C@H]3C3=CC[C@@H]5[C@@]6(C)CC[C@H](O[C@@H]7O[C@H](C(=O)O)[C@@H](O)[C@H](O[C@@H]8OC[C@@H](O)[C@H](O)[C@H]8O)[C@H]7O[C@@H]7O[C@H](CO)[C@H](O)[C@H](O)[C@H]7O)[C@@](C)(C=O)[C@@H]6CC[C@@]5(C)[C@]3(C)C[C@H]4O)O[C@H](C)[C@H](O)[C@@H]2O[C@@H]2O[C@H](CO)[C@@H](O)[C@H](O)[C@H]2O)[C@H](O)[C@H](O[C@@H]2O[C@H](CO)[C@@H](O)[C@H](O)[C@H]2O)[C@H]1O[C@@H]1OC[C@@H](O)[C@H](O)[C@H]1O. The monoisotopic (exact) mass is 1700 g/mol. The number of esters is 1. The van der Waals surface area contributed by atoms with E-state index in [1.807, 2.05) is 20.8 Å². The highest BCUT2D eigenvalue weighted by atomic mass is 16.8. The van der Waals surface area contributed by atoms with Crippen LogP contribution >= 0.6 is 0 Å². The number of aliphatic hydroxyl groups excluding tert-OH is 22. The molecule has 118 heavy (non-hydrogen) atoms. The third-order valence-electron chi connectivity index (χ3n) is 29.0. The van der Waals surface area contributed by atoms with Gasteiger partial charge in [0.15, 0.2) is 56.2 Å². The number of allylic oxidation sites excluding steroid dienone is 2. The smallest absolute Gasteiger partial charge is 0.335 e. The summed E-state index contributed by atoms with van der Waals surface area (Å²) in [6.07, 6.45) is -71.5. The van der Waals surface area contributed by atoms with E-state index < -0.39 is 335 Å². The molecule has 4 saturated carbocycles. The Kier molecular flexibility index (Phi) is 27.6. The molecule has 8 aliphatic heterocycles. The average molecular weight is 1710 g/mol. The second kappa shape index (κ2) is 35.2. The van der Waals surface area contributed by atoms with Gasteiger partial charge in [-0.1, -0.05) is 53.2 Å². The summed E-state index contributed by atoms with van der Waals surface area (Å²) in [4.78, 5) is 43.9. The van der Waals surface area contributed by atoms with Crippen LogP contribution in [0.3, 0.4) is 0 Å². The van der Waals surface area contributed by atoms with Gasteiger partial charge in [0.1, 0.15) is 170 Å². The third kappa shape index (κ3) is 16.0. The minimum absolute atomic E-state index is 0.00419. The zero-order valence-electron chi connectivity index (χ0n) is 66.4. The average Bonchev–Trinajstić information content (AvgIpc) is 0.669. The van der Waals surface area contributed by atoms with Crippen LogP contribution < -0.4 is 0 Å². The van der Waals surface area contributed by atoms with Gasteiger partial charge in [0.25, 0.3) is 0 Å². The van der Waals surface area contributed by atoms with Crippen molar-refractivity contribution in [3.63, 3.8) is 0 Å². The van der Waals surface area contributed by atoms with Crippen LogP contribution in [0.5, 0.6) is 0 Å². The summed E-state index contributed by atoms with van der Waals surface area (Å²) in [7, 11) is 0. The summed E-state index contributed by atoms with van der Waals surface area (Å²) in [6.45, 7) is 10.6. The van der Waals surface area contributed by atoms with Crippen molar-refractivity contribution in [1.82, 2.24) is 0 Å². The molecule has 48 atom stereocenters. The van der Waals surface area contributed by atoms with Gasteiger partial charge in [-0.15, -0.1) is 0 Å². The Morgan fingerprint density at radius 2 is 0.890 bits per heavy atom. The highest BCUT2D eigenvalue weighted by Crippen LogP contribution is 2.76. The van der Waals surface area contributed by atoms with Crippen LogP contribution in [0.15, 0.2) is 11.6 Å². The van der Waals surface area contributed by atoms with E-state index in [-0.39, 0.29) is 31.6 Å². The van der Waals surface area contributed by atoms with E-state index in [2.05, 4.69) is 19.9 Å². The molecule has 13 rings (SSSR count). The van der Waals surface area contributed by atoms with E-state index in [9.17, 15) is 127 Å². The molecule has 8 saturated heterocycles. The maximum absolute atomic E-state index is 16.4. The van der Waals surface area contributed by atoms with Gasteiger partial charge in [0.05, 0.1) is 62.9 Å². The number of aldehydes is 1. The fourth-order valence-electron chi connectivity index (χ4n) is 21.7. The fourth-order valence-corrected chi connectivity index (χ4v) is 21.7. The molecule has 0 radical (unpaired) electrons. The summed E-state index contributed by atoms with van der Waals surface area (Å²) >= 11 is 0. The van der Waals surface area contributed by atoms with Crippen molar-refractivity contribution in [2.45, 2.75) is 359 Å². The van der Waals surface area contributed by atoms with Crippen LogP contribution in [0.2, 0.25) is 0 Å². The largest absolute Gasteiger partial charge is 0.479 e. The van der Waals surface area contributed by atoms with Crippen molar-refractivity contribution in [2.75, 3.05) is 33.0 Å². The van der Waals surface area contributed by atoms with Crippen molar-refractivity contribution in [2.24, 2.45) is 50.2 Å². The molecular weight excluding hydrogens is 1580 g/mol. The number of carbonyl (C=O) groups excluding carboxylic acids is 2. The van der Waals surface area contributed by atoms with Crippen molar-refractivity contribution >= 4 is 18.2 Å². The molecule has 0 bridgehead atoms. The van der Waals surface area contributed by atoms with Crippen LogP contribution in [0.25, 0.3) is 0 Å². The van der Waals surface area contributed by atoms with Gasteiger partial charge >= 0.3 is 11.9 Å². The van der Waals surface area contributed by atoms with Crippen molar-refractivity contribution in [1.29, 1.82) is 0 Å². The lowest BCUT2D eigenvalue weighted by atomic mass is 9.33. The van der Waals surface area contributed by atoms with Gasteiger partial charge in [-0.2, -0.15) is 0 Å². The van der Waals surface area contributed by atoms with Gasteiger partial charge in [0, 0.05) is 0 Å². The zero-order chi connectivity index (χ0) is 86.2. The quantitative estimate of drug-likeness (QED) is 0.0220. The Bertz CT molecular complexity index is 3470. The van der Waals surface area contributed by atoms with E-state index in [0.29, 0.717) is 32.1 Å². The molecule has 0 aromatic rings. The molecule has 0 aromatic carbocycles. The van der Waals surface area contributed by atoms with Crippen LogP contribution in [-0.4, -0.2) is 414 Å². The molecule has 42 nitrogen and oxygen atoms in total. The number of fused-ring (bicyclic) bond motifs is 7. The molecule has 0 aromatic heterocycles. The highest BCUT2D eigenvalue weighted by Gasteiger charge is 2.74. The minimum Gasteiger partial charge on any atom is -0.479 e. The third-order valence-corrected chi connectivity index (χ3v) is 29.0. The van der Waals surface area contributed by atoms with E-state index in [4.69, 9.17) is 75.8 Å². The molecule has 23 N–H and O–H groups in total. The number of hydrogen-bond donors (Lipinski definition) is 23. The molecule has 0 unspecified atom stereocenters. The summed E-state index contributed by atoms with van der Waals surface area (Å²) in [6, 6.07) is 0. The second-order valence-corrected chi connectivity index (χ2v) is 36.4. The van der Waals surface area contributed by atoms with E-state index in [1.54, 1.807) is 6.92 Å². The molecule has 0 amide bonds. The Hall–Kier alpha value is -3.13. The summed E-state index contributed by atoms with van der Waals surface area (Å²) in [5.41, 5.74) is -5.58. The van der Waals surface area contributed by atoms with E-state index in [0.717, 1.165) is 11.9 Å². The lowest BCUT2D eigenvalue weighted by Gasteiger charge is -2.71. The van der Waals surface area contributed by atoms with Gasteiger partial charge in [-0.3, -0.25) is 4.79 Å². The molecular formula is C76H120O42. The van der Waals surface area contributed by atoms with Crippen LogP contribution in [-0.2, 0) is 90.2 Å². The first-order valence-electron chi connectivity index (χ1n) is 40.5. The molecule has 13 aliphatic rings. The maximum atomic E-state index is 16.4. The van der Waals surface area contributed by atoms with Gasteiger partial charge < -0.3 is 198 Å². The normalized spacial score (nSPS) is 54.9. The number of aliphatic carboxylic acids is 1. The van der Waals surface area contributed by atoms with E-state index >= 15 is 4.79 Å². The highest BCUT2D eigenvalue weighted by molar-refractivity contribution is 5.80. The number of carbonyl (C=O) groups is 3. The topological polar surface area (TPSA) is 664 Å². The second-order valence-electron chi connectivity index (χ2n) is 36.4. The number of ether oxygens (including phenoxy) is 16. The summed E-state index contributed by atoms with van der Waals surface area (Å²) in [5, 5.41) is 255. The molecule has 676 valence electrons. The molecule has 42 heteroatoms. The Morgan fingerprint density at radius 1 is 0.441 bits per heavy atom. The minimum atomic E-state index is -2.28. The lowest BCUT2D eigenvalue weighted by molar-refractivity contribution is -0.404. The zero-order valence-corrected chi connectivity index (χ0v) is 66.4. The summed E-state index contributed by atoms with van der Waals surface area (Å²) in [5.74, 6) is -4.52. The number of rotatable bonds is 21. The first-order valence-corrected chi connectivity index (χ1v) is 40.5. The first-order chi connectivity index (χ1) is 55.4. The van der Waals surface area contributed by atoms with Gasteiger partial charge in [0.2, 0.25) is 6.29 Å². The van der Waals surface area contributed by atoms with Crippen LogP contribution in [0.1, 0.15) is 113 Å². The van der Waals surface area contributed by atoms with Crippen molar-refractivity contribution in [3.8, 4) is 0 Å². The predicted octanol–water partition coefficient (Wildman–Crippen LogP) is -9.16. The number of carboxylic acids is 1. The van der Waals surface area contributed by atoms with Gasteiger partial charge in [-0.25, -0.2) is 4.79 Å². The van der Waals surface area contributed by atoms with Crippen molar-refractivity contribution in [3.05, 3.63) is 11.6 Å². The Labute approximate surface area is 677 Å². The molecule has 12 fully saturated rings. The lowest BCUT2D eigenvalue weighted by Crippen LogP contribution is -2.70. The fraction of sp³-hybridized carbons (Fsp3) is 0.934. The number of aliphatic hydroxyl groups is 22. The standard InChI is InChI=1S/C76H120O42/c1-25-38(84)55(113-64-49(95)44(90)41(87)31(19-77)107-64)59(117-67-53(99)57(114-65-50(96)45(91)42(88)32(20-78)108-65)54(26(2)106-67)111-62-47(93)39(85)29(81)22-103-62)68(105-25)118-70(102)76-16-15-71(3,4)17-28(76)27-9-10-35-72(5)13-12-37(73(6,24-80)34(72)11-14-74(35,7)75(27,8)18-36(76)83)110-69-60(116-66-51(97)46(92)43(89)33(21-79)109-66)56(52(98)58(115-69)61(100)101)112-63-48(94)40(86)30(82)23-104-63/h9,24-26,28-60,62-69,77-79,81-99H,10-23H2,1-8H3,(H,100,101)/t25-,26+,28+,29-,30-,31-,32-,33-,34-,35-,36-,37+,38+,39+,40+,41-,42-,43+,44+,45+,46+,47-,48-,49-,50-,51-,52+,53-,54+,55+,56+,57+,58+,59-,60-,62+,63+,64+,65+,66+,67+,68+,69-,72+,73+,74-,75-,76-/m1/s1. The predicted molar refractivity (Wildman–Crippen MR) is 381 cm³/mol. The molecule has 5 aliphatic carbocycles. The van der Waals surface area contributed by atoms with E-state index in [1.165, 1.54) is 13.8 Å². The summed E-state index contributed by atoms with van der Waals surface area (Å²) < 4.78 is 97.9. The van der Waals surface area contributed by atoms with Gasteiger partial charge in [-0.05, 0) is 111 Å².